The molecule has 0 spiro atoms. The van der Waals surface area contributed by atoms with Crippen molar-refractivity contribution in [3.05, 3.63) is 24.0 Å². The molecule has 0 saturated heterocycles. The normalized spacial score (nSPS) is 17.9. The number of hydrazine groups is 1. The molecule has 2 aromatic heterocycles. The number of anilines is 2. The molecule has 1 aliphatic heterocycles. The molecule has 8 nitrogen and oxygen atoms in total. The lowest BCUT2D eigenvalue weighted by atomic mass is 10.3. The van der Waals surface area contributed by atoms with Gasteiger partial charge in [0.25, 0.3) is 0 Å². The predicted molar refractivity (Wildman–Crippen MR) is 72.9 cm³/mol. The molecular weight excluding hydrogens is 256 g/mol. The summed E-state index contributed by atoms with van der Waals surface area (Å²) in [5, 5.41) is 8.08. The second-order valence-corrected chi connectivity index (χ2v) is 5.25. The molecule has 2 aromatic rings. The van der Waals surface area contributed by atoms with Gasteiger partial charge < -0.3 is 14.9 Å². The zero-order valence-electron chi connectivity index (χ0n) is 11.0. The van der Waals surface area contributed by atoms with Crippen LogP contribution in [0.4, 0.5) is 11.6 Å². The van der Waals surface area contributed by atoms with Gasteiger partial charge in [0.15, 0.2) is 5.82 Å². The molecule has 0 radical (unpaired) electrons. The Balaban J connectivity index is 1.66. The summed E-state index contributed by atoms with van der Waals surface area (Å²) in [7, 11) is 0. The van der Waals surface area contributed by atoms with E-state index in [0.717, 1.165) is 30.6 Å². The number of aromatic nitrogens is 5. The van der Waals surface area contributed by atoms with Gasteiger partial charge >= 0.3 is 0 Å². The minimum atomic E-state index is 0.496. The summed E-state index contributed by atoms with van der Waals surface area (Å²) in [6.07, 6.45) is 4.11. The Morgan fingerprint density at radius 3 is 2.95 bits per heavy atom. The molecule has 0 atom stereocenters. The summed E-state index contributed by atoms with van der Waals surface area (Å²) in [6.45, 7) is 2.47. The number of nitrogens with one attached hydrogen (secondary N) is 1. The van der Waals surface area contributed by atoms with E-state index in [2.05, 4.69) is 35.1 Å². The van der Waals surface area contributed by atoms with E-state index in [4.69, 9.17) is 5.84 Å². The molecule has 1 aliphatic carbocycles. The molecular formula is C12H16N8. The van der Waals surface area contributed by atoms with Crippen LogP contribution in [0.2, 0.25) is 0 Å². The third kappa shape index (κ3) is 1.97. The average molecular weight is 272 g/mol. The fourth-order valence-electron chi connectivity index (χ4n) is 2.47. The van der Waals surface area contributed by atoms with Gasteiger partial charge in [0.1, 0.15) is 23.8 Å². The lowest BCUT2D eigenvalue weighted by Crippen LogP contribution is -2.34. The summed E-state index contributed by atoms with van der Waals surface area (Å²) >= 11 is 0. The van der Waals surface area contributed by atoms with E-state index in [9.17, 15) is 0 Å². The molecule has 0 bridgehead atoms. The summed E-state index contributed by atoms with van der Waals surface area (Å²) < 4.78 is 2.07. The van der Waals surface area contributed by atoms with Crippen LogP contribution in [0.5, 0.6) is 0 Å². The van der Waals surface area contributed by atoms with Crippen LogP contribution in [0.15, 0.2) is 12.4 Å². The van der Waals surface area contributed by atoms with Crippen molar-refractivity contribution in [3.8, 4) is 0 Å². The Bertz CT molecular complexity index is 632. The number of hydrogen-bond acceptors (Lipinski definition) is 7. The highest BCUT2D eigenvalue weighted by molar-refractivity contribution is 5.49. The zero-order chi connectivity index (χ0) is 13.5. The van der Waals surface area contributed by atoms with Crippen molar-refractivity contribution in [2.24, 2.45) is 5.84 Å². The molecule has 2 aliphatic rings. The smallest absolute Gasteiger partial charge is 0.152 e. The number of fused-ring (bicyclic) bond motifs is 1. The maximum atomic E-state index is 5.51. The Labute approximate surface area is 116 Å². The number of nitrogen functional groups attached to an aromatic ring is 1. The van der Waals surface area contributed by atoms with Gasteiger partial charge in [-0.05, 0) is 12.8 Å². The maximum Gasteiger partial charge on any atom is 0.152 e. The standard InChI is InChI=1S/C12H16N8/c13-17-9-5-10(16-12(15-9)8-1-2-8)19-3-4-20-7-14-18-11(20)6-19/h5,7-8H,1-4,6,13H2,(H,15,16,17). The zero-order valence-corrected chi connectivity index (χ0v) is 11.0. The quantitative estimate of drug-likeness (QED) is 0.610. The van der Waals surface area contributed by atoms with Gasteiger partial charge in [0, 0.05) is 25.1 Å². The number of nitrogens with two attached hydrogens (primary N) is 1. The monoisotopic (exact) mass is 272 g/mol. The minimum absolute atomic E-state index is 0.496. The second kappa shape index (κ2) is 4.41. The molecule has 1 saturated carbocycles. The first kappa shape index (κ1) is 11.6. The van der Waals surface area contributed by atoms with Gasteiger partial charge in [-0.2, -0.15) is 0 Å². The summed E-state index contributed by atoms with van der Waals surface area (Å²) in [5.41, 5.74) is 2.63. The Morgan fingerprint density at radius 2 is 2.15 bits per heavy atom. The van der Waals surface area contributed by atoms with Gasteiger partial charge in [0.05, 0.1) is 6.54 Å². The first-order valence-electron chi connectivity index (χ1n) is 6.81. The first-order valence-corrected chi connectivity index (χ1v) is 6.81. The van der Waals surface area contributed by atoms with Crippen LogP contribution in [0.25, 0.3) is 0 Å². The van der Waals surface area contributed by atoms with Gasteiger partial charge in [-0.3, -0.25) is 0 Å². The number of nitrogens with zero attached hydrogens (tertiary/aromatic N) is 6. The largest absolute Gasteiger partial charge is 0.347 e. The van der Waals surface area contributed by atoms with Crippen LogP contribution in [0, 0.1) is 0 Å². The molecule has 3 heterocycles. The van der Waals surface area contributed by atoms with E-state index in [1.54, 1.807) is 6.33 Å². The van der Waals surface area contributed by atoms with Crippen LogP contribution >= 0.6 is 0 Å². The van der Waals surface area contributed by atoms with Crippen molar-refractivity contribution in [2.75, 3.05) is 16.9 Å². The molecule has 8 heteroatoms. The molecule has 0 aromatic carbocycles. The highest BCUT2D eigenvalue weighted by Crippen LogP contribution is 2.39. The fraction of sp³-hybridized carbons (Fsp3) is 0.500. The van der Waals surface area contributed by atoms with E-state index >= 15 is 0 Å². The van der Waals surface area contributed by atoms with Crippen LogP contribution < -0.4 is 16.2 Å². The van der Waals surface area contributed by atoms with Crippen molar-refractivity contribution >= 4 is 11.6 Å². The lowest BCUT2D eigenvalue weighted by Gasteiger charge is -2.28. The maximum absolute atomic E-state index is 5.51. The summed E-state index contributed by atoms with van der Waals surface area (Å²) in [4.78, 5) is 11.3. The van der Waals surface area contributed by atoms with Crippen LogP contribution in [-0.2, 0) is 13.1 Å². The van der Waals surface area contributed by atoms with Crippen LogP contribution in [0.3, 0.4) is 0 Å². The molecule has 4 rings (SSSR count). The third-order valence-electron chi connectivity index (χ3n) is 3.78. The predicted octanol–water partition coefficient (Wildman–Crippen LogP) is 0.251. The fourth-order valence-corrected chi connectivity index (χ4v) is 2.47. The number of rotatable bonds is 3. The molecule has 3 N–H and O–H groups in total. The third-order valence-corrected chi connectivity index (χ3v) is 3.78. The Hall–Kier alpha value is -2.22. The van der Waals surface area contributed by atoms with Crippen LogP contribution in [-0.4, -0.2) is 31.3 Å². The Morgan fingerprint density at radius 1 is 1.25 bits per heavy atom. The van der Waals surface area contributed by atoms with E-state index in [1.165, 1.54) is 12.8 Å². The van der Waals surface area contributed by atoms with E-state index in [1.807, 2.05) is 6.07 Å². The molecule has 0 unspecified atom stereocenters. The van der Waals surface area contributed by atoms with Crippen molar-refractivity contribution in [3.63, 3.8) is 0 Å². The molecule has 104 valence electrons. The van der Waals surface area contributed by atoms with Crippen molar-refractivity contribution < 1.29 is 0 Å². The second-order valence-electron chi connectivity index (χ2n) is 5.25. The highest BCUT2D eigenvalue weighted by atomic mass is 15.3. The molecule has 0 amide bonds. The van der Waals surface area contributed by atoms with E-state index in [0.29, 0.717) is 18.3 Å². The molecule has 1 fully saturated rings. The van der Waals surface area contributed by atoms with E-state index < -0.39 is 0 Å². The Kier molecular flexibility index (Phi) is 2.56. The SMILES string of the molecule is NNc1cc(N2CCn3cnnc3C2)nc(C2CC2)n1. The topological polar surface area (TPSA) is 97.8 Å². The molecule has 20 heavy (non-hydrogen) atoms. The van der Waals surface area contributed by atoms with Gasteiger partial charge in [0.2, 0.25) is 0 Å². The van der Waals surface area contributed by atoms with Crippen molar-refractivity contribution in [1.29, 1.82) is 0 Å². The van der Waals surface area contributed by atoms with E-state index in [-0.39, 0.29) is 0 Å². The van der Waals surface area contributed by atoms with Gasteiger partial charge in [-0.25, -0.2) is 15.8 Å². The summed E-state index contributed by atoms with van der Waals surface area (Å²) in [5.74, 6) is 9.44. The van der Waals surface area contributed by atoms with Crippen molar-refractivity contribution in [2.45, 2.75) is 31.8 Å². The lowest BCUT2D eigenvalue weighted by molar-refractivity contribution is 0.555. The van der Waals surface area contributed by atoms with Gasteiger partial charge in [-0.15, -0.1) is 10.2 Å². The highest BCUT2D eigenvalue weighted by Gasteiger charge is 2.28. The summed E-state index contributed by atoms with van der Waals surface area (Å²) in [6, 6.07) is 1.89. The first-order chi connectivity index (χ1) is 9.83. The minimum Gasteiger partial charge on any atom is -0.347 e. The van der Waals surface area contributed by atoms with Crippen molar-refractivity contribution in [1.82, 2.24) is 24.7 Å². The average Bonchev–Trinajstić information content (AvgIpc) is 3.24. The van der Waals surface area contributed by atoms with Crippen LogP contribution in [0.1, 0.15) is 30.4 Å². The van der Waals surface area contributed by atoms with Gasteiger partial charge in [-0.1, -0.05) is 0 Å². The number of hydrogen-bond donors (Lipinski definition) is 2.